The van der Waals surface area contributed by atoms with E-state index in [1.54, 1.807) is 0 Å². The summed E-state index contributed by atoms with van der Waals surface area (Å²) in [6.45, 7) is 4.19. The van der Waals surface area contributed by atoms with E-state index in [0.717, 1.165) is 6.42 Å². The van der Waals surface area contributed by atoms with Gasteiger partial charge in [0.25, 0.3) is 0 Å². The van der Waals surface area contributed by atoms with Crippen molar-refractivity contribution in [3.63, 3.8) is 0 Å². The molecule has 1 atom stereocenters. The van der Waals surface area contributed by atoms with Crippen LogP contribution >= 0.6 is 0 Å². The Labute approximate surface area is 110 Å². The van der Waals surface area contributed by atoms with Crippen LogP contribution in [-0.2, 0) is 9.53 Å². The second kappa shape index (κ2) is 8.73. The third-order valence-corrected chi connectivity index (χ3v) is 3.16. The van der Waals surface area contributed by atoms with Gasteiger partial charge in [-0.15, -0.1) is 0 Å². The van der Waals surface area contributed by atoms with Gasteiger partial charge in [-0.25, -0.2) is 0 Å². The van der Waals surface area contributed by atoms with E-state index in [4.69, 9.17) is 4.74 Å². The van der Waals surface area contributed by atoms with Crippen LogP contribution < -0.4 is 0 Å². The molecule has 0 radical (unpaired) electrons. The van der Waals surface area contributed by atoms with Crippen molar-refractivity contribution in [3.05, 3.63) is 35.9 Å². The first-order chi connectivity index (χ1) is 8.74. The number of ether oxygens (including phenoxy) is 1. The summed E-state index contributed by atoms with van der Waals surface area (Å²) in [6, 6.07) is 10.3. The van der Waals surface area contributed by atoms with Gasteiger partial charge in [-0.1, -0.05) is 62.9 Å². The number of rotatable bonds is 8. The molecule has 0 spiro atoms. The molecule has 1 rings (SSSR count). The SMILES string of the molecule is CCCCCCC(COC(C)=O)c1ccccc1. The van der Waals surface area contributed by atoms with Crippen molar-refractivity contribution >= 4 is 5.97 Å². The third kappa shape index (κ3) is 5.85. The predicted molar refractivity (Wildman–Crippen MR) is 74.6 cm³/mol. The zero-order chi connectivity index (χ0) is 13.2. The zero-order valence-electron chi connectivity index (χ0n) is 11.5. The van der Waals surface area contributed by atoms with E-state index >= 15 is 0 Å². The maximum Gasteiger partial charge on any atom is 0.302 e. The molecule has 1 aromatic carbocycles. The van der Waals surface area contributed by atoms with E-state index in [9.17, 15) is 4.79 Å². The lowest BCUT2D eigenvalue weighted by Gasteiger charge is -2.17. The van der Waals surface area contributed by atoms with Crippen LogP contribution in [0.15, 0.2) is 30.3 Å². The lowest BCUT2D eigenvalue weighted by molar-refractivity contribution is -0.141. The van der Waals surface area contributed by atoms with E-state index in [-0.39, 0.29) is 5.97 Å². The smallest absolute Gasteiger partial charge is 0.302 e. The van der Waals surface area contributed by atoms with Crippen LogP contribution in [-0.4, -0.2) is 12.6 Å². The minimum Gasteiger partial charge on any atom is -0.465 e. The zero-order valence-corrected chi connectivity index (χ0v) is 11.5. The van der Waals surface area contributed by atoms with Gasteiger partial charge >= 0.3 is 5.97 Å². The molecule has 1 unspecified atom stereocenters. The lowest BCUT2D eigenvalue weighted by atomic mass is 9.94. The molecular formula is C16H24O2. The Morgan fingerprint density at radius 3 is 2.50 bits per heavy atom. The number of carbonyl (C=O) groups is 1. The molecule has 0 aliphatic rings. The highest BCUT2D eigenvalue weighted by atomic mass is 16.5. The van der Waals surface area contributed by atoms with Gasteiger partial charge in [0.1, 0.15) is 0 Å². The number of benzene rings is 1. The average molecular weight is 248 g/mol. The molecule has 0 amide bonds. The summed E-state index contributed by atoms with van der Waals surface area (Å²) in [5.74, 6) is 0.149. The molecular weight excluding hydrogens is 224 g/mol. The summed E-state index contributed by atoms with van der Waals surface area (Å²) < 4.78 is 5.18. The summed E-state index contributed by atoms with van der Waals surface area (Å²) >= 11 is 0. The minimum atomic E-state index is -0.190. The highest BCUT2D eigenvalue weighted by Crippen LogP contribution is 2.23. The van der Waals surface area contributed by atoms with Crippen molar-refractivity contribution in [1.82, 2.24) is 0 Å². The highest BCUT2D eigenvalue weighted by molar-refractivity contribution is 5.65. The van der Waals surface area contributed by atoms with Gasteiger partial charge in [0.2, 0.25) is 0 Å². The second-order valence-electron chi connectivity index (χ2n) is 4.76. The second-order valence-corrected chi connectivity index (χ2v) is 4.76. The molecule has 0 aliphatic carbocycles. The Hall–Kier alpha value is -1.31. The van der Waals surface area contributed by atoms with Crippen LogP contribution in [0.5, 0.6) is 0 Å². The van der Waals surface area contributed by atoms with Gasteiger partial charge < -0.3 is 4.74 Å². The average Bonchev–Trinajstić information content (AvgIpc) is 2.38. The number of unbranched alkanes of at least 4 members (excludes halogenated alkanes) is 3. The summed E-state index contributed by atoms with van der Waals surface area (Å²) in [7, 11) is 0. The van der Waals surface area contributed by atoms with Gasteiger partial charge in [-0.3, -0.25) is 4.79 Å². The van der Waals surface area contributed by atoms with Crippen molar-refractivity contribution in [2.24, 2.45) is 0 Å². The van der Waals surface area contributed by atoms with Gasteiger partial charge in [-0.05, 0) is 12.0 Å². The van der Waals surface area contributed by atoms with Crippen LogP contribution in [0.4, 0.5) is 0 Å². The number of esters is 1. The molecule has 2 nitrogen and oxygen atoms in total. The van der Waals surface area contributed by atoms with E-state index < -0.39 is 0 Å². The molecule has 0 fully saturated rings. The van der Waals surface area contributed by atoms with Crippen molar-refractivity contribution in [2.45, 2.75) is 51.9 Å². The summed E-state index contributed by atoms with van der Waals surface area (Å²) in [4.78, 5) is 10.9. The number of hydrogen-bond donors (Lipinski definition) is 0. The van der Waals surface area contributed by atoms with E-state index in [1.807, 2.05) is 18.2 Å². The maximum atomic E-state index is 10.9. The number of hydrogen-bond acceptors (Lipinski definition) is 2. The number of carbonyl (C=O) groups excluding carboxylic acids is 1. The topological polar surface area (TPSA) is 26.3 Å². The van der Waals surface area contributed by atoms with E-state index in [0.29, 0.717) is 12.5 Å². The van der Waals surface area contributed by atoms with Crippen LogP contribution in [0, 0.1) is 0 Å². The first-order valence-electron chi connectivity index (χ1n) is 6.92. The highest BCUT2D eigenvalue weighted by Gasteiger charge is 2.12. The van der Waals surface area contributed by atoms with Crippen LogP contribution in [0.1, 0.15) is 57.4 Å². The minimum absolute atomic E-state index is 0.190. The fourth-order valence-electron chi connectivity index (χ4n) is 2.11. The summed E-state index contributed by atoms with van der Waals surface area (Å²) in [5, 5.41) is 0. The maximum absolute atomic E-state index is 10.9. The summed E-state index contributed by atoms with van der Waals surface area (Å²) in [6.07, 6.45) is 6.10. The molecule has 0 saturated heterocycles. The molecule has 0 heterocycles. The normalized spacial score (nSPS) is 12.1. The Bertz CT molecular complexity index is 332. The fraction of sp³-hybridized carbons (Fsp3) is 0.562. The van der Waals surface area contributed by atoms with Crippen molar-refractivity contribution in [2.75, 3.05) is 6.61 Å². The molecule has 0 N–H and O–H groups in total. The molecule has 0 saturated carbocycles. The molecule has 18 heavy (non-hydrogen) atoms. The standard InChI is InChI=1S/C16H24O2/c1-3-4-5-7-12-16(13-18-14(2)17)15-10-8-6-9-11-15/h6,8-11,16H,3-5,7,12-13H2,1-2H3. The first kappa shape index (κ1) is 14.7. The van der Waals surface area contributed by atoms with Crippen molar-refractivity contribution in [3.8, 4) is 0 Å². The quantitative estimate of drug-likeness (QED) is 0.506. The van der Waals surface area contributed by atoms with Gasteiger partial charge in [0.05, 0.1) is 6.61 Å². The summed E-state index contributed by atoms with van der Waals surface area (Å²) in [5.41, 5.74) is 1.27. The molecule has 1 aromatic rings. The Kier molecular flexibility index (Phi) is 7.16. The Balaban J connectivity index is 2.49. The first-order valence-corrected chi connectivity index (χ1v) is 6.92. The van der Waals surface area contributed by atoms with Gasteiger partial charge in [0, 0.05) is 12.8 Å². The predicted octanol–water partition coefficient (Wildman–Crippen LogP) is 4.30. The monoisotopic (exact) mass is 248 g/mol. The molecule has 0 bridgehead atoms. The van der Waals surface area contributed by atoms with E-state index in [1.165, 1.54) is 38.2 Å². The van der Waals surface area contributed by atoms with Crippen LogP contribution in [0.2, 0.25) is 0 Å². The van der Waals surface area contributed by atoms with E-state index in [2.05, 4.69) is 19.1 Å². The van der Waals surface area contributed by atoms with Crippen molar-refractivity contribution < 1.29 is 9.53 Å². The Morgan fingerprint density at radius 2 is 1.89 bits per heavy atom. The van der Waals surface area contributed by atoms with Crippen LogP contribution in [0.25, 0.3) is 0 Å². The molecule has 2 heteroatoms. The fourth-order valence-corrected chi connectivity index (χ4v) is 2.11. The Morgan fingerprint density at radius 1 is 1.17 bits per heavy atom. The van der Waals surface area contributed by atoms with Gasteiger partial charge in [-0.2, -0.15) is 0 Å². The van der Waals surface area contributed by atoms with Gasteiger partial charge in [0.15, 0.2) is 0 Å². The molecule has 0 aliphatic heterocycles. The van der Waals surface area contributed by atoms with Crippen LogP contribution in [0.3, 0.4) is 0 Å². The van der Waals surface area contributed by atoms with Crippen molar-refractivity contribution in [1.29, 1.82) is 0 Å². The third-order valence-electron chi connectivity index (χ3n) is 3.16. The molecule has 0 aromatic heterocycles. The lowest BCUT2D eigenvalue weighted by Crippen LogP contribution is -2.11. The largest absolute Gasteiger partial charge is 0.465 e. The molecule has 100 valence electrons.